The van der Waals surface area contributed by atoms with Gasteiger partial charge in [0.25, 0.3) is 11.5 Å². The van der Waals surface area contributed by atoms with Crippen LogP contribution in [0.5, 0.6) is 5.75 Å². The number of benzene rings is 1. The Balaban J connectivity index is 1.54. The summed E-state index contributed by atoms with van der Waals surface area (Å²) in [5.41, 5.74) is 2.60. The number of hydrogen-bond acceptors (Lipinski definition) is 6. The minimum atomic E-state index is -0.592. The van der Waals surface area contributed by atoms with Gasteiger partial charge in [0.2, 0.25) is 0 Å². The van der Waals surface area contributed by atoms with E-state index >= 15 is 0 Å². The SMILES string of the molecule is O=C(COc1cc(Cl)c(Cl)cc1Cl)Nn1cnc2scc(-c3ccco3)c2c1=O. The summed E-state index contributed by atoms with van der Waals surface area (Å²) in [6.07, 6.45) is 2.75. The van der Waals surface area contributed by atoms with Gasteiger partial charge in [-0.2, -0.15) is 0 Å². The molecule has 0 atom stereocenters. The molecule has 1 amide bonds. The van der Waals surface area contributed by atoms with E-state index in [1.54, 1.807) is 17.5 Å². The number of thiophene rings is 1. The number of nitrogens with zero attached hydrogens (tertiary/aromatic N) is 2. The number of amides is 1. The number of carbonyl (C=O) groups is 1. The molecular weight excluding hydrogens is 461 g/mol. The molecule has 11 heteroatoms. The Morgan fingerprint density at radius 2 is 2.03 bits per heavy atom. The van der Waals surface area contributed by atoms with Gasteiger partial charge in [0.05, 0.1) is 26.7 Å². The predicted molar refractivity (Wildman–Crippen MR) is 113 cm³/mol. The van der Waals surface area contributed by atoms with Gasteiger partial charge >= 0.3 is 0 Å². The standard InChI is InChI=1S/C18H10Cl3N3O4S/c19-10-4-12(21)14(5-11(10)20)28-6-15(25)23-24-8-22-17-16(18(24)26)9(7-29-17)13-2-1-3-27-13/h1-5,7-8H,6H2,(H,23,25). The highest BCUT2D eigenvalue weighted by molar-refractivity contribution is 7.17. The van der Waals surface area contributed by atoms with Crippen LogP contribution in [0.3, 0.4) is 0 Å². The van der Waals surface area contributed by atoms with Crippen LogP contribution in [0.25, 0.3) is 21.5 Å². The Labute approximate surface area is 182 Å². The zero-order valence-electron chi connectivity index (χ0n) is 14.3. The number of nitrogens with one attached hydrogen (secondary N) is 1. The van der Waals surface area contributed by atoms with E-state index in [1.165, 1.54) is 36.1 Å². The molecular formula is C18H10Cl3N3O4S. The molecule has 29 heavy (non-hydrogen) atoms. The molecule has 0 saturated carbocycles. The van der Waals surface area contributed by atoms with Crippen LogP contribution in [0.15, 0.2) is 51.4 Å². The molecule has 4 aromatic rings. The third-order valence-corrected chi connectivity index (χ3v) is 5.76. The fraction of sp³-hybridized carbons (Fsp3) is 0.0556. The van der Waals surface area contributed by atoms with Crippen LogP contribution in [-0.2, 0) is 4.79 Å². The largest absolute Gasteiger partial charge is 0.482 e. The molecule has 0 radical (unpaired) electrons. The van der Waals surface area contributed by atoms with Crippen molar-refractivity contribution in [3.05, 3.63) is 67.7 Å². The van der Waals surface area contributed by atoms with Gasteiger partial charge in [0, 0.05) is 17.0 Å². The number of ether oxygens (including phenoxy) is 1. The molecule has 0 bridgehead atoms. The van der Waals surface area contributed by atoms with Crippen molar-refractivity contribution in [1.82, 2.24) is 9.66 Å². The summed E-state index contributed by atoms with van der Waals surface area (Å²) in [6.45, 7) is -0.406. The number of aromatic nitrogens is 2. The first-order valence-corrected chi connectivity index (χ1v) is 10.1. The Morgan fingerprint density at radius 1 is 1.24 bits per heavy atom. The number of hydrogen-bond donors (Lipinski definition) is 1. The van der Waals surface area contributed by atoms with E-state index in [4.69, 9.17) is 44.0 Å². The normalized spacial score (nSPS) is 11.0. The van der Waals surface area contributed by atoms with Crippen LogP contribution >= 0.6 is 46.1 Å². The zero-order valence-corrected chi connectivity index (χ0v) is 17.4. The van der Waals surface area contributed by atoms with Crippen molar-refractivity contribution in [3.8, 4) is 17.1 Å². The fourth-order valence-corrected chi connectivity index (χ4v) is 4.03. The van der Waals surface area contributed by atoms with Crippen molar-refractivity contribution < 1.29 is 13.9 Å². The maximum absolute atomic E-state index is 12.8. The summed E-state index contributed by atoms with van der Waals surface area (Å²) in [6, 6.07) is 6.28. The molecule has 7 nitrogen and oxygen atoms in total. The van der Waals surface area contributed by atoms with E-state index in [1.807, 2.05) is 0 Å². The Morgan fingerprint density at radius 3 is 2.79 bits per heavy atom. The fourth-order valence-electron chi connectivity index (χ4n) is 2.55. The number of fused-ring (bicyclic) bond motifs is 1. The summed E-state index contributed by atoms with van der Waals surface area (Å²) in [5, 5.41) is 2.83. The summed E-state index contributed by atoms with van der Waals surface area (Å²) < 4.78 is 11.7. The molecule has 4 rings (SSSR count). The van der Waals surface area contributed by atoms with Gasteiger partial charge in [-0.25, -0.2) is 9.66 Å². The maximum atomic E-state index is 12.8. The smallest absolute Gasteiger partial charge is 0.281 e. The van der Waals surface area contributed by atoms with Crippen molar-refractivity contribution in [2.24, 2.45) is 0 Å². The number of rotatable bonds is 5. The highest BCUT2D eigenvalue weighted by Gasteiger charge is 2.16. The van der Waals surface area contributed by atoms with E-state index in [0.717, 1.165) is 4.68 Å². The Kier molecular flexibility index (Phi) is 5.51. The molecule has 148 valence electrons. The lowest BCUT2D eigenvalue weighted by Crippen LogP contribution is -2.35. The van der Waals surface area contributed by atoms with Crippen LogP contribution in [0.4, 0.5) is 0 Å². The molecule has 3 heterocycles. The predicted octanol–water partition coefficient (Wildman–Crippen LogP) is 4.83. The molecule has 1 aromatic carbocycles. The maximum Gasteiger partial charge on any atom is 0.281 e. The zero-order chi connectivity index (χ0) is 20.5. The monoisotopic (exact) mass is 469 g/mol. The lowest BCUT2D eigenvalue weighted by molar-refractivity contribution is -0.119. The van der Waals surface area contributed by atoms with Crippen molar-refractivity contribution in [2.45, 2.75) is 0 Å². The third-order valence-electron chi connectivity index (χ3n) is 3.86. The molecule has 0 aliphatic carbocycles. The van der Waals surface area contributed by atoms with Crippen LogP contribution < -0.4 is 15.7 Å². The number of carbonyl (C=O) groups excluding carboxylic acids is 1. The van der Waals surface area contributed by atoms with Gasteiger partial charge in [0.15, 0.2) is 6.61 Å². The molecule has 1 N–H and O–H groups in total. The third kappa shape index (κ3) is 3.97. The van der Waals surface area contributed by atoms with Gasteiger partial charge in [-0.05, 0) is 18.2 Å². The molecule has 0 aliphatic heterocycles. The Bertz CT molecular complexity index is 1270. The quantitative estimate of drug-likeness (QED) is 0.422. The lowest BCUT2D eigenvalue weighted by Gasteiger charge is -2.11. The van der Waals surface area contributed by atoms with Gasteiger partial charge < -0.3 is 9.15 Å². The Hall–Kier alpha value is -2.52. The molecule has 0 fully saturated rings. The first kappa shape index (κ1) is 19.8. The van der Waals surface area contributed by atoms with E-state index in [2.05, 4.69) is 10.4 Å². The summed E-state index contributed by atoms with van der Waals surface area (Å²) in [5.74, 6) is 0.136. The molecule has 0 unspecified atom stereocenters. The van der Waals surface area contributed by atoms with E-state index < -0.39 is 18.1 Å². The molecule has 0 saturated heterocycles. The molecule has 3 aromatic heterocycles. The minimum Gasteiger partial charge on any atom is -0.482 e. The average molecular weight is 471 g/mol. The van der Waals surface area contributed by atoms with E-state index in [-0.39, 0.29) is 20.8 Å². The minimum absolute atomic E-state index is 0.190. The highest BCUT2D eigenvalue weighted by atomic mass is 35.5. The van der Waals surface area contributed by atoms with Gasteiger partial charge in [0.1, 0.15) is 22.7 Å². The lowest BCUT2D eigenvalue weighted by atomic mass is 10.2. The second-order valence-corrected chi connectivity index (χ2v) is 7.83. The highest BCUT2D eigenvalue weighted by Crippen LogP contribution is 2.34. The van der Waals surface area contributed by atoms with Gasteiger partial charge in [-0.3, -0.25) is 15.0 Å². The first-order chi connectivity index (χ1) is 13.9. The van der Waals surface area contributed by atoms with Crippen molar-refractivity contribution in [2.75, 3.05) is 12.0 Å². The van der Waals surface area contributed by atoms with Crippen LogP contribution in [-0.4, -0.2) is 22.2 Å². The molecule has 0 aliphatic rings. The van der Waals surface area contributed by atoms with Gasteiger partial charge in [-0.15, -0.1) is 11.3 Å². The number of halogens is 3. The summed E-state index contributed by atoms with van der Waals surface area (Å²) in [7, 11) is 0. The van der Waals surface area contributed by atoms with E-state index in [0.29, 0.717) is 21.5 Å². The number of furan rings is 1. The first-order valence-electron chi connectivity index (χ1n) is 8.04. The topological polar surface area (TPSA) is 86.4 Å². The van der Waals surface area contributed by atoms with Crippen LogP contribution in [0.1, 0.15) is 0 Å². The van der Waals surface area contributed by atoms with Crippen molar-refractivity contribution >= 4 is 62.3 Å². The van der Waals surface area contributed by atoms with Crippen LogP contribution in [0, 0.1) is 0 Å². The van der Waals surface area contributed by atoms with E-state index in [9.17, 15) is 9.59 Å². The average Bonchev–Trinajstić information content (AvgIpc) is 3.35. The van der Waals surface area contributed by atoms with Crippen LogP contribution in [0.2, 0.25) is 15.1 Å². The summed E-state index contributed by atoms with van der Waals surface area (Å²) in [4.78, 5) is 29.8. The second kappa shape index (κ2) is 8.08. The second-order valence-electron chi connectivity index (χ2n) is 5.75. The molecule has 0 spiro atoms. The van der Waals surface area contributed by atoms with Crippen molar-refractivity contribution in [1.29, 1.82) is 0 Å². The van der Waals surface area contributed by atoms with Gasteiger partial charge in [-0.1, -0.05) is 34.8 Å². The van der Waals surface area contributed by atoms with Crippen molar-refractivity contribution in [3.63, 3.8) is 0 Å². The summed E-state index contributed by atoms with van der Waals surface area (Å²) >= 11 is 19.1.